The zero-order chi connectivity index (χ0) is 14.8. The molecule has 1 aromatic rings. The molecule has 7 heteroatoms. The minimum absolute atomic E-state index is 0.0178. The van der Waals surface area contributed by atoms with Crippen molar-refractivity contribution in [1.82, 2.24) is 9.21 Å². The quantitative estimate of drug-likeness (QED) is 0.832. The van der Waals surface area contributed by atoms with Crippen molar-refractivity contribution in [3.05, 3.63) is 29.3 Å². The van der Waals surface area contributed by atoms with Crippen LogP contribution in [0.3, 0.4) is 0 Å². The van der Waals surface area contributed by atoms with Crippen LogP contribution in [0.1, 0.15) is 13.3 Å². The first kappa shape index (κ1) is 15.3. The van der Waals surface area contributed by atoms with Crippen molar-refractivity contribution in [3.63, 3.8) is 0 Å². The van der Waals surface area contributed by atoms with Crippen LogP contribution >= 0.6 is 11.6 Å². The maximum absolute atomic E-state index is 12.5. The van der Waals surface area contributed by atoms with E-state index >= 15 is 0 Å². The average molecular weight is 317 g/mol. The van der Waals surface area contributed by atoms with Gasteiger partial charge in [-0.2, -0.15) is 4.31 Å². The molecule has 0 spiro atoms. The van der Waals surface area contributed by atoms with Crippen molar-refractivity contribution in [2.75, 3.05) is 26.2 Å². The van der Waals surface area contributed by atoms with Crippen molar-refractivity contribution in [3.8, 4) is 0 Å². The predicted molar refractivity (Wildman–Crippen MR) is 77.1 cm³/mol. The van der Waals surface area contributed by atoms with E-state index in [1.54, 1.807) is 17.0 Å². The van der Waals surface area contributed by atoms with Crippen LogP contribution in [0.4, 0.5) is 0 Å². The fourth-order valence-electron chi connectivity index (χ4n) is 2.20. The van der Waals surface area contributed by atoms with Crippen LogP contribution in [0.5, 0.6) is 0 Å². The van der Waals surface area contributed by atoms with Gasteiger partial charge in [0, 0.05) is 38.1 Å². The second-order valence-corrected chi connectivity index (χ2v) is 7.09. The molecule has 0 unspecified atom stereocenters. The molecule has 1 aromatic carbocycles. The number of hydrogen-bond acceptors (Lipinski definition) is 3. The van der Waals surface area contributed by atoms with Gasteiger partial charge in [-0.25, -0.2) is 8.42 Å². The lowest BCUT2D eigenvalue weighted by Crippen LogP contribution is -2.36. The summed E-state index contributed by atoms with van der Waals surface area (Å²) in [6, 6.07) is 6.14. The molecule has 20 heavy (non-hydrogen) atoms. The highest BCUT2D eigenvalue weighted by Crippen LogP contribution is 2.19. The number of carbonyl (C=O) groups excluding carboxylic acids is 1. The largest absolute Gasteiger partial charge is 0.342 e. The van der Waals surface area contributed by atoms with Gasteiger partial charge in [0.25, 0.3) is 0 Å². The first-order valence-corrected chi connectivity index (χ1v) is 8.24. The van der Waals surface area contributed by atoms with Crippen molar-refractivity contribution < 1.29 is 13.2 Å². The van der Waals surface area contributed by atoms with Gasteiger partial charge in [-0.15, -0.1) is 0 Å². The predicted octanol–water partition coefficient (Wildman–Crippen LogP) is 1.58. The van der Waals surface area contributed by atoms with E-state index in [-0.39, 0.29) is 10.8 Å². The summed E-state index contributed by atoms with van der Waals surface area (Å²) in [7, 11) is -3.51. The minimum atomic E-state index is -3.51. The molecule has 0 aliphatic carbocycles. The monoisotopic (exact) mass is 316 g/mol. The summed E-state index contributed by atoms with van der Waals surface area (Å²) in [5.74, 6) is -0.0178. The third-order valence-corrected chi connectivity index (χ3v) is 5.52. The molecular formula is C13H17ClN2O3S. The zero-order valence-corrected chi connectivity index (χ0v) is 12.8. The minimum Gasteiger partial charge on any atom is -0.342 e. The molecule has 0 radical (unpaired) electrons. The topological polar surface area (TPSA) is 57.7 Å². The number of amides is 1. The van der Waals surface area contributed by atoms with E-state index in [1.807, 2.05) is 0 Å². The van der Waals surface area contributed by atoms with Crippen LogP contribution in [0, 0.1) is 0 Å². The number of hydrogen-bond donors (Lipinski definition) is 0. The average Bonchev–Trinajstić information content (AvgIpc) is 2.65. The van der Waals surface area contributed by atoms with E-state index < -0.39 is 10.0 Å². The summed E-state index contributed by atoms with van der Waals surface area (Å²) in [6.45, 7) is 3.28. The first-order chi connectivity index (χ1) is 9.41. The molecule has 0 N–H and O–H groups in total. The molecule has 5 nitrogen and oxygen atoms in total. The number of benzene rings is 1. The molecular weight excluding hydrogens is 300 g/mol. The summed E-state index contributed by atoms with van der Waals surface area (Å²) >= 11 is 5.78. The van der Waals surface area contributed by atoms with Gasteiger partial charge < -0.3 is 4.90 Å². The maximum Gasteiger partial charge on any atom is 0.243 e. The third kappa shape index (κ3) is 3.31. The SMILES string of the molecule is CC(=O)N1CCCN(S(=O)(=O)c2ccc(Cl)cc2)CC1. The molecule has 1 amide bonds. The van der Waals surface area contributed by atoms with Gasteiger partial charge in [0.2, 0.25) is 15.9 Å². The van der Waals surface area contributed by atoms with Crippen LogP contribution in [-0.4, -0.2) is 49.7 Å². The Kier molecular flexibility index (Phi) is 4.67. The molecule has 110 valence electrons. The van der Waals surface area contributed by atoms with Crippen LogP contribution in [0.15, 0.2) is 29.2 Å². The summed E-state index contributed by atoms with van der Waals surface area (Å²) in [5.41, 5.74) is 0. The van der Waals surface area contributed by atoms with Gasteiger partial charge in [0.15, 0.2) is 0 Å². The normalized spacial score (nSPS) is 17.8. The van der Waals surface area contributed by atoms with E-state index in [2.05, 4.69) is 0 Å². The van der Waals surface area contributed by atoms with Gasteiger partial charge >= 0.3 is 0 Å². The summed E-state index contributed by atoms with van der Waals surface area (Å²) in [5, 5.41) is 0.502. The molecule has 1 aliphatic heterocycles. The van der Waals surface area contributed by atoms with E-state index in [1.165, 1.54) is 23.4 Å². The first-order valence-electron chi connectivity index (χ1n) is 6.42. The van der Waals surface area contributed by atoms with Crippen molar-refractivity contribution in [1.29, 1.82) is 0 Å². The van der Waals surface area contributed by atoms with Gasteiger partial charge in [-0.1, -0.05) is 11.6 Å². The zero-order valence-electron chi connectivity index (χ0n) is 11.3. The van der Waals surface area contributed by atoms with Crippen molar-refractivity contribution in [2.45, 2.75) is 18.2 Å². The van der Waals surface area contributed by atoms with Crippen LogP contribution in [-0.2, 0) is 14.8 Å². The molecule has 0 atom stereocenters. The number of rotatable bonds is 2. The Morgan fingerprint density at radius 3 is 2.35 bits per heavy atom. The Hall–Kier alpha value is -1.11. The van der Waals surface area contributed by atoms with Crippen LogP contribution in [0.25, 0.3) is 0 Å². The van der Waals surface area contributed by atoms with E-state index in [9.17, 15) is 13.2 Å². The highest BCUT2D eigenvalue weighted by molar-refractivity contribution is 7.89. The number of halogens is 1. The van der Waals surface area contributed by atoms with Gasteiger partial charge in [0.1, 0.15) is 0 Å². The van der Waals surface area contributed by atoms with E-state index in [0.717, 1.165) is 0 Å². The second-order valence-electron chi connectivity index (χ2n) is 4.72. The molecule has 0 aromatic heterocycles. The number of sulfonamides is 1. The smallest absolute Gasteiger partial charge is 0.243 e. The molecule has 1 saturated heterocycles. The lowest BCUT2D eigenvalue weighted by molar-refractivity contribution is -0.128. The summed E-state index contributed by atoms with van der Waals surface area (Å²) in [6.07, 6.45) is 0.645. The van der Waals surface area contributed by atoms with E-state index in [0.29, 0.717) is 37.6 Å². The number of carbonyl (C=O) groups is 1. The molecule has 1 aliphatic rings. The van der Waals surface area contributed by atoms with Crippen LogP contribution < -0.4 is 0 Å². The third-order valence-electron chi connectivity index (χ3n) is 3.35. The maximum atomic E-state index is 12.5. The van der Waals surface area contributed by atoms with Crippen molar-refractivity contribution in [2.24, 2.45) is 0 Å². The van der Waals surface area contributed by atoms with Gasteiger partial charge in [-0.05, 0) is 30.7 Å². The van der Waals surface area contributed by atoms with Crippen LogP contribution in [0.2, 0.25) is 5.02 Å². The summed E-state index contributed by atoms with van der Waals surface area (Å²) < 4.78 is 26.4. The molecule has 1 heterocycles. The Balaban J connectivity index is 2.18. The van der Waals surface area contributed by atoms with Crippen molar-refractivity contribution >= 4 is 27.5 Å². The molecule has 2 rings (SSSR count). The molecule has 1 fully saturated rings. The Bertz CT molecular complexity index is 586. The second kappa shape index (κ2) is 6.11. The number of nitrogens with zero attached hydrogens (tertiary/aromatic N) is 2. The fourth-order valence-corrected chi connectivity index (χ4v) is 3.80. The lowest BCUT2D eigenvalue weighted by atomic mass is 10.4. The lowest BCUT2D eigenvalue weighted by Gasteiger charge is -2.21. The molecule has 0 saturated carbocycles. The van der Waals surface area contributed by atoms with E-state index in [4.69, 9.17) is 11.6 Å². The van der Waals surface area contributed by atoms with Gasteiger partial charge in [0.05, 0.1) is 4.90 Å². The summed E-state index contributed by atoms with van der Waals surface area (Å²) in [4.78, 5) is 13.3. The Morgan fingerprint density at radius 2 is 1.75 bits per heavy atom. The Labute approximate surface area is 124 Å². The molecule has 0 bridgehead atoms. The van der Waals surface area contributed by atoms with Gasteiger partial charge in [-0.3, -0.25) is 4.79 Å². The highest BCUT2D eigenvalue weighted by Gasteiger charge is 2.27. The fraction of sp³-hybridized carbons (Fsp3) is 0.462. The Morgan fingerprint density at radius 1 is 1.10 bits per heavy atom. The highest BCUT2D eigenvalue weighted by atomic mass is 35.5. The standard InChI is InChI=1S/C13H17ClN2O3S/c1-11(17)15-7-2-8-16(10-9-15)20(18,19)13-5-3-12(14)4-6-13/h3-6H,2,7-10H2,1H3.